The van der Waals surface area contributed by atoms with Crippen molar-refractivity contribution in [2.75, 3.05) is 0 Å². The third-order valence-corrected chi connectivity index (χ3v) is 7.47. The van der Waals surface area contributed by atoms with Crippen molar-refractivity contribution in [2.45, 2.75) is 13.8 Å². The summed E-state index contributed by atoms with van der Waals surface area (Å²) in [5.74, 6) is 1.99. The molecule has 7 rings (SSSR count). The molecule has 0 unspecified atom stereocenters. The van der Waals surface area contributed by atoms with Crippen molar-refractivity contribution < 1.29 is 0 Å². The Morgan fingerprint density at radius 1 is 0.400 bits per heavy atom. The topological polar surface area (TPSA) is 38.7 Å². The average Bonchev–Trinajstić information content (AvgIpc) is 3.01. The van der Waals surface area contributed by atoms with Gasteiger partial charge in [0.2, 0.25) is 0 Å². The lowest BCUT2D eigenvalue weighted by Gasteiger charge is -2.13. The molecule has 6 aromatic carbocycles. The number of hydrogen-bond donors (Lipinski definition) is 0. The van der Waals surface area contributed by atoms with Crippen LogP contribution in [0.2, 0.25) is 0 Å². The van der Waals surface area contributed by atoms with Crippen LogP contribution in [-0.2, 0) is 0 Å². The van der Waals surface area contributed by atoms with Gasteiger partial charge in [-0.2, -0.15) is 0 Å². The normalized spacial score (nSPS) is 11.2. The highest BCUT2D eigenvalue weighted by Gasteiger charge is 2.14. The molecule has 0 N–H and O–H groups in total. The van der Waals surface area contributed by atoms with Gasteiger partial charge in [0.1, 0.15) is 0 Å². The molecule has 3 heteroatoms. The maximum atomic E-state index is 4.93. The molecule has 0 aliphatic carbocycles. The van der Waals surface area contributed by atoms with E-state index in [1.54, 1.807) is 0 Å². The lowest BCUT2D eigenvalue weighted by Crippen LogP contribution is -2.00. The molecule has 40 heavy (non-hydrogen) atoms. The van der Waals surface area contributed by atoms with Crippen LogP contribution in [0.5, 0.6) is 0 Å². The Morgan fingerprint density at radius 2 is 0.925 bits per heavy atom. The second-order valence-electron chi connectivity index (χ2n) is 10.3. The van der Waals surface area contributed by atoms with Gasteiger partial charge in [-0.25, -0.2) is 15.0 Å². The quantitative estimate of drug-likeness (QED) is 0.220. The zero-order valence-corrected chi connectivity index (χ0v) is 22.5. The molecule has 0 radical (unpaired) electrons. The number of aryl methyl sites for hydroxylation is 2. The number of rotatable bonds is 4. The standard InChI is InChI=1S/C37H27N3/c1-24-16-17-26-18-19-30-21-25(2)32(23-34(30)33(26)20-24)29-14-9-15-31(22-29)37-39-35(27-10-5-3-6-11-27)38-36(40-37)28-12-7-4-8-13-28/h3-23H,1-2H3. The van der Waals surface area contributed by atoms with Crippen molar-refractivity contribution in [3.05, 3.63) is 139 Å². The van der Waals surface area contributed by atoms with Crippen molar-refractivity contribution in [3.8, 4) is 45.3 Å². The minimum atomic E-state index is 0.661. The summed E-state index contributed by atoms with van der Waals surface area (Å²) in [5.41, 5.74) is 7.75. The molecule has 0 saturated heterocycles. The molecule has 1 aromatic heterocycles. The Labute approximate surface area is 233 Å². The zero-order valence-electron chi connectivity index (χ0n) is 22.5. The Hall–Kier alpha value is -5.15. The summed E-state index contributed by atoms with van der Waals surface area (Å²) in [6.45, 7) is 4.34. The molecule has 0 aliphatic heterocycles. The fourth-order valence-electron chi connectivity index (χ4n) is 5.40. The first-order chi connectivity index (χ1) is 19.6. The molecule has 190 valence electrons. The van der Waals surface area contributed by atoms with Crippen molar-refractivity contribution in [1.29, 1.82) is 0 Å². The second kappa shape index (κ2) is 9.87. The van der Waals surface area contributed by atoms with Crippen molar-refractivity contribution >= 4 is 21.5 Å². The maximum absolute atomic E-state index is 4.93. The first-order valence-electron chi connectivity index (χ1n) is 13.5. The summed E-state index contributed by atoms with van der Waals surface area (Å²) < 4.78 is 0. The molecule has 3 nitrogen and oxygen atoms in total. The van der Waals surface area contributed by atoms with Crippen molar-refractivity contribution in [3.63, 3.8) is 0 Å². The fraction of sp³-hybridized carbons (Fsp3) is 0.0541. The molecule has 7 aromatic rings. The minimum absolute atomic E-state index is 0.661. The molecule has 0 saturated carbocycles. The Bertz CT molecular complexity index is 1950. The monoisotopic (exact) mass is 513 g/mol. The van der Waals surface area contributed by atoms with Crippen molar-refractivity contribution in [1.82, 2.24) is 15.0 Å². The van der Waals surface area contributed by atoms with Gasteiger partial charge in [0.25, 0.3) is 0 Å². The van der Waals surface area contributed by atoms with Crippen LogP contribution in [0.25, 0.3) is 66.8 Å². The summed E-state index contributed by atoms with van der Waals surface area (Å²) in [6.07, 6.45) is 0. The predicted octanol–water partition coefficient (Wildman–Crippen LogP) is 9.46. The summed E-state index contributed by atoms with van der Waals surface area (Å²) >= 11 is 0. The van der Waals surface area contributed by atoms with Gasteiger partial charge in [0.05, 0.1) is 0 Å². The molecule has 0 atom stereocenters. The summed E-state index contributed by atoms with van der Waals surface area (Å²) in [5, 5.41) is 5.07. The predicted molar refractivity (Wildman–Crippen MR) is 166 cm³/mol. The Kier molecular flexibility index (Phi) is 5.90. The van der Waals surface area contributed by atoms with Gasteiger partial charge in [0.15, 0.2) is 17.5 Å². The van der Waals surface area contributed by atoms with Gasteiger partial charge < -0.3 is 0 Å². The molecule has 1 heterocycles. The van der Waals surface area contributed by atoms with Crippen LogP contribution in [0.4, 0.5) is 0 Å². The number of fused-ring (bicyclic) bond motifs is 3. The van der Waals surface area contributed by atoms with Crippen LogP contribution < -0.4 is 0 Å². The summed E-state index contributed by atoms with van der Waals surface area (Å²) in [7, 11) is 0. The van der Waals surface area contributed by atoms with Crippen LogP contribution in [-0.4, -0.2) is 15.0 Å². The second-order valence-corrected chi connectivity index (χ2v) is 10.3. The van der Waals surface area contributed by atoms with E-state index in [0.29, 0.717) is 17.5 Å². The SMILES string of the molecule is Cc1ccc2ccc3cc(C)c(-c4cccc(-c5nc(-c6ccccc6)nc(-c6ccccc6)n5)c4)cc3c2c1. The number of nitrogens with zero attached hydrogens (tertiary/aromatic N) is 3. The third-order valence-electron chi connectivity index (χ3n) is 7.47. The maximum Gasteiger partial charge on any atom is 0.164 e. The van der Waals surface area contributed by atoms with E-state index in [1.807, 2.05) is 60.7 Å². The van der Waals surface area contributed by atoms with E-state index >= 15 is 0 Å². The summed E-state index contributed by atoms with van der Waals surface area (Å²) in [4.78, 5) is 14.7. The highest BCUT2D eigenvalue weighted by Crippen LogP contribution is 2.35. The van der Waals surface area contributed by atoms with Crippen LogP contribution in [0, 0.1) is 13.8 Å². The number of aromatic nitrogens is 3. The highest BCUT2D eigenvalue weighted by atomic mass is 15.0. The molecule has 0 aliphatic rings. The molecule has 0 bridgehead atoms. The number of hydrogen-bond acceptors (Lipinski definition) is 3. The lowest BCUT2D eigenvalue weighted by atomic mass is 9.92. The highest BCUT2D eigenvalue weighted by molar-refractivity contribution is 6.09. The first kappa shape index (κ1) is 23.9. The van der Waals surface area contributed by atoms with Crippen LogP contribution in [0.3, 0.4) is 0 Å². The van der Waals surface area contributed by atoms with Crippen molar-refractivity contribution in [2.24, 2.45) is 0 Å². The van der Waals surface area contributed by atoms with Gasteiger partial charge in [0, 0.05) is 16.7 Å². The smallest absolute Gasteiger partial charge is 0.164 e. The van der Waals surface area contributed by atoms with E-state index in [-0.39, 0.29) is 0 Å². The molecule has 0 spiro atoms. The van der Waals surface area contributed by atoms with Crippen LogP contribution in [0.15, 0.2) is 127 Å². The molecule has 0 fully saturated rings. The van der Waals surface area contributed by atoms with Gasteiger partial charge in [-0.05, 0) is 64.2 Å². The van der Waals surface area contributed by atoms with E-state index < -0.39 is 0 Å². The minimum Gasteiger partial charge on any atom is -0.208 e. The van der Waals surface area contributed by atoms with E-state index in [4.69, 9.17) is 15.0 Å². The van der Waals surface area contributed by atoms with E-state index in [2.05, 4.69) is 80.6 Å². The molecular weight excluding hydrogens is 486 g/mol. The van der Waals surface area contributed by atoms with E-state index in [9.17, 15) is 0 Å². The lowest BCUT2D eigenvalue weighted by molar-refractivity contribution is 1.07. The van der Waals surface area contributed by atoms with Crippen LogP contribution in [0.1, 0.15) is 11.1 Å². The molecule has 0 amide bonds. The van der Waals surface area contributed by atoms with E-state index in [0.717, 1.165) is 22.3 Å². The molecular formula is C37H27N3. The summed E-state index contributed by atoms with van der Waals surface area (Å²) in [6, 6.07) is 44.5. The van der Waals surface area contributed by atoms with E-state index in [1.165, 1.54) is 38.2 Å². The fourth-order valence-corrected chi connectivity index (χ4v) is 5.40. The van der Waals surface area contributed by atoms with Gasteiger partial charge >= 0.3 is 0 Å². The third kappa shape index (κ3) is 4.42. The largest absolute Gasteiger partial charge is 0.208 e. The van der Waals surface area contributed by atoms with Gasteiger partial charge in [-0.3, -0.25) is 0 Å². The van der Waals surface area contributed by atoms with Gasteiger partial charge in [-0.1, -0.05) is 121 Å². The number of benzene rings is 6. The van der Waals surface area contributed by atoms with Crippen LogP contribution >= 0.6 is 0 Å². The zero-order chi connectivity index (χ0) is 27.1. The van der Waals surface area contributed by atoms with Gasteiger partial charge in [-0.15, -0.1) is 0 Å². The Balaban J connectivity index is 1.39. The Morgan fingerprint density at radius 3 is 1.60 bits per heavy atom. The first-order valence-corrected chi connectivity index (χ1v) is 13.5. The average molecular weight is 514 g/mol.